The van der Waals surface area contributed by atoms with Gasteiger partial charge in [-0.05, 0) is 30.3 Å². The van der Waals surface area contributed by atoms with Gasteiger partial charge in [0.25, 0.3) is 0 Å². The Bertz CT molecular complexity index is 915. The molecule has 3 aromatic rings. The number of hydrogen-bond acceptors (Lipinski definition) is 7. The summed E-state index contributed by atoms with van der Waals surface area (Å²) in [5.41, 5.74) is 7.56. The SMILES string of the molecule is COc1cccc(Nc2cc(N)nc(-c3ccc(OC)c(OC)c3)n2)c1. The van der Waals surface area contributed by atoms with E-state index >= 15 is 0 Å². The van der Waals surface area contributed by atoms with E-state index in [1.165, 1.54) is 0 Å². The Kier molecular flexibility index (Phi) is 5.07. The average molecular weight is 352 g/mol. The molecule has 2 aromatic carbocycles. The number of nitrogen functional groups attached to an aromatic ring is 1. The summed E-state index contributed by atoms with van der Waals surface area (Å²) in [6.07, 6.45) is 0. The number of aromatic nitrogens is 2. The Morgan fingerprint density at radius 3 is 2.38 bits per heavy atom. The molecule has 134 valence electrons. The Morgan fingerprint density at radius 2 is 1.65 bits per heavy atom. The summed E-state index contributed by atoms with van der Waals surface area (Å²) in [6.45, 7) is 0. The van der Waals surface area contributed by atoms with Crippen LogP contribution in [0.2, 0.25) is 0 Å². The average Bonchev–Trinajstić information content (AvgIpc) is 2.67. The first kappa shape index (κ1) is 17.3. The van der Waals surface area contributed by atoms with Crippen molar-refractivity contribution in [1.29, 1.82) is 0 Å². The van der Waals surface area contributed by atoms with Crippen molar-refractivity contribution in [1.82, 2.24) is 9.97 Å². The summed E-state index contributed by atoms with van der Waals surface area (Å²) in [5, 5.41) is 3.21. The molecule has 0 saturated carbocycles. The summed E-state index contributed by atoms with van der Waals surface area (Å²) in [6, 6.07) is 14.7. The number of nitrogens with zero attached hydrogens (tertiary/aromatic N) is 2. The third-order valence-electron chi connectivity index (χ3n) is 3.73. The van der Waals surface area contributed by atoms with Crippen LogP contribution in [0.25, 0.3) is 11.4 Å². The number of ether oxygens (including phenoxy) is 3. The fourth-order valence-corrected chi connectivity index (χ4v) is 2.48. The van der Waals surface area contributed by atoms with Crippen LogP contribution < -0.4 is 25.3 Å². The number of benzene rings is 2. The fourth-order valence-electron chi connectivity index (χ4n) is 2.48. The van der Waals surface area contributed by atoms with E-state index in [0.29, 0.717) is 29.0 Å². The van der Waals surface area contributed by atoms with E-state index in [-0.39, 0.29) is 0 Å². The van der Waals surface area contributed by atoms with Gasteiger partial charge in [-0.1, -0.05) is 6.07 Å². The van der Waals surface area contributed by atoms with Crippen molar-refractivity contribution in [2.45, 2.75) is 0 Å². The number of nitrogens with two attached hydrogens (primary N) is 1. The summed E-state index contributed by atoms with van der Waals surface area (Å²) in [4.78, 5) is 8.86. The lowest BCUT2D eigenvalue weighted by atomic mass is 10.2. The number of anilines is 3. The van der Waals surface area contributed by atoms with Crippen LogP contribution in [0.1, 0.15) is 0 Å². The molecule has 0 aliphatic rings. The van der Waals surface area contributed by atoms with Crippen molar-refractivity contribution >= 4 is 17.3 Å². The lowest BCUT2D eigenvalue weighted by Crippen LogP contribution is -2.01. The molecule has 0 aliphatic carbocycles. The molecule has 0 aliphatic heterocycles. The third kappa shape index (κ3) is 3.77. The van der Waals surface area contributed by atoms with Crippen molar-refractivity contribution in [3.63, 3.8) is 0 Å². The molecule has 26 heavy (non-hydrogen) atoms. The largest absolute Gasteiger partial charge is 0.497 e. The maximum atomic E-state index is 5.96. The molecule has 7 nitrogen and oxygen atoms in total. The fraction of sp³-hybridized carbons (Fsp3) is 0.158. The molecule has 0 unspecified atom stereocenters. The highest BCUT2D eigenvalue weighted by Gasteiger charge is 2.10. The van der Waals surface area contributed by atoms with Crippen LogP contribution >= 0.6 is 0 Å². The number of rotatable bonds is 6. The molecule has 3 N–H and O–H groups in total. The minimum atomic E-state index is 0.357. The van der Waals surface area contributed by atoms with Crippen LogP contribution in [0.3, 0.4) is 0 Å². The second kappa shape index (κ2) is 7.60. The highest BCUT2D eigenvalue weighted by molar-refractivity contribution is 5.67. The Hall–Kier alpha value is -3.48. The zero-order chi connectivity index (χ0) is 18.5. The summed E-state index contributed by atoms with van der Waals surface area (Å²) < 4.78 is 15.8. The van der Waals surface area contributed by atoms with E-state index in [0.717, 1.165) is 17.0 Å². The van der Waals surface area contributed by atoms with E-state index < -0.39 is 0 Å². The highest BCUT2D eigenvalue weighted by atomic mass is 16.5. The zero-order valence-electron chi connectivity index (χ0n) is 14.8. The standard InChI is InChI=1S/C19H20N4O3/c1-24-14-6-4-5-13(10-14)21-18-11-17(20)22-19(23-18)12-7-8-15(25-2)16(9-12)26-3/h4-11H,1-3H3,(H3,20,21,22,23). The van der Waals surface area contributed by atoms with Gasteiger partial charge in [0.1, 0.15) is 17.4 Å². The predicted octanol–water partition coefficient (Wildman–Crippen LogP) is 3.50. The molecule has 0 bridgehead atoms. The molecule has 0 fully saturated rings. The van der Waals surface area contributed by atoms with Crippen molar-refractivity contribution < 1.29 is 14.2 Å². The first-order chi connectivity index (χ1) is 12.6. The quantitative estimate of drug-likeness (QED) is 0.701. The second-order valence-corrected chi connectivity index (χ2v) is 5.43. The van der Waals surface area contributed by atoms with Gasteiger partial charge in [-0.25, -0.2) is 9.97 Å². The van der Waals surface area contributed by atoms with E-state index in [2.05, 4.69) is 15.3 Å². The predicted molar refractivity (Wildman–Crippen MR) is 101 cm³/mol. The molecular formula is C19H20N4O3. The van der Waals surface area contributed by atoms with Crippen LogP contribution in [0.4, 0.5) is 17.3 Å². The molecule has 7 heteroatoms. The second-order valence-electron chi connectivity index (χ2n) is 5.43. The van der Waals surface area contributed by atoms with Crippen molar-refractivity contribution in [3.8, 4) is 28.6 Å². The van der Waals surface area contributed by atoms with Gasteiger partial charge in [0.15, 0.2) is 17.3 Å². The molecule has 3 rings (SSSR count). The van der Waals surface area contributed by atoms with Gasteiger partial charge >= 0.3 is 0 Å². The van der Waals surface area contributed by atoms with Crippen LogP contribution in [-0.2, 0) is 0 Å². The minimum absolute atomic E-state index is 0.357. The smallest absolute Gasteiger partial charge is 0.163 e. The zero-order valence-corrected chi connectivity index (χ0v) is 14.8. The van der Waals surface area contributed by atoms with E-state index in [9.17, 15) is 0 Å². The van der Waals surface area contributed by atoms with E-state index in [1.54, 1.807) is 33.5 Å². The summed E-state index contributed by atoms with van der Waals surface area (Å²) in [7, 11) is 4.79. The normalized spacial score (nSPS) is 10.3. The van der Waals surface area contributed by atoms with Crippen molar-refractivity contribution in [2.75, 3.05) is 32.4 Å². The number of hydrogen-bond donors (Lipinski definition) is 2. The summed E-state index contributed by atoms with van der Waals surface area (Å²) in [5.74, 6) is 3.40. The molecule has 0 spiro atoms. The van der Waals surface area contributed by atoms with Gasteiger partial charge in [-0.2, -0.15) is 0 Å². The van der Waals surface area contributed by atoms with Crippen LogP contribution in [0.15, 0.2) is 48.5 Å². The van der Waals surface area contributed by atoms with Gasteiger partial charge in [0, 0.05) is 23.4 Å². The van der Waals surface area contributed by atoms with Crippen LogP contribution in [0, 0.1) is 0 Å². The van der Waals surface area contributed by atoms with Gasteiger partial charge in [-0.3, -0.25) is 0 Å². The Balaban J connectivity index is 1.95. The van der Waals surface area contributed by atoms with Gasteiger partial charge in [-0.15, -0.1) is 0 Å². The van der Waals surface area contributed by atoms with E-state index in [1.807, 2.05) is 36.4 Å². The monoisotopic (exact) mass is 352 g/mol. The molecule has 1 aromatic heterocycles. The van der Waals surface area contributed by atoms with Crippen molar-refractivity contribution in [2.24, 2.45) is 0 Å². The van der Waals surface area contributed by atoms with Gasteiger partial charge < -0.3 is 25.3 Å². The highest BCUT2D eigenvalue weighted by Crippen LogP contribution is 2.32. The first-order valence-corrected chi connectivity index (χ1v) is 7.91. The molecule has 0 radical (unpaired) electrons. The lowest BCUT2D eigenvalue weighted by Gasteiger charge is -2.11. The molecule has 0 saturated heterocycles. The topological polar surface area (TPSA) is 91.5 Å². The van der Waals surface area contributed by atoms with Gasteiger partial charge in [0.05, 0.1) is 21.3 Å². The third-order valence-corrected chi connectivity index (χ3v) is 3.73. The Labute approximate surface area is 151 Å². The minimum Gasteiger partial charge on any atom is -0.497 e. The van der Waals surface area contributed by atoms with Crippen molar-refractivity contribution in [3.05, 3.63) is 48.5 Å². The maximum Gasteiger partial charge on any atom is 0.163 e. The number of nitrogens with one attached hydrogen (secondary N) is 1. The van der Waals surface area contributed by atoms with E-state index in [4.69, 9.17) is 19.9 Å². The van der Waals surface area contributed by atoms with Gasteiger partial charge in [0.2, 0.25) is 0 Å². The number of methoxy groups -OCH3 is 3. The molecule has 0 amide bonds. The lowest BCUT2D eigenvalue weighted by molar-refractivity contribution is 0.355. The molecular weight excluding hydrogens is 332 g/mol. The Morgan fingerprint density at radius 1 is 0.846 bits per heavy atom. The maximum absolute atomic E-state index is 5.96. The van der Waals surface area contributed by atoms with Crippen LogP contribution in [-0.4, -0.2) is 31.3 Å². The first-order valence-electron chi connectivity index (χ1n) is 7.91. The summed E-state index contributed by atoms with van der Waals surface area (Å²) >= 11 is 0. The van der Waals surface area contributed by atoms with Crippen LogP contribution in [0.5, 0.6) is 17.2 Å². The molecule has 0 atom stereocenters. The molecule has 1 heterocycles.